The van der Waals surface area contributed by atoms with Crippen molar-refractivity contribution in [1.29, 1.82) is 0 Å². The van der Waals surface area contributed by atoms with Crippen molar-refractivity contribution in [2.75, 3.05) is 0 Å². The van der Waals surface area contributed by atoms with Crippen LogP contribution in [0.4, 0.5) is 4.39 Å². The molecule has 0 radical (unpaired) electrons. The summed E-state index contributed by atoms with van der Waals surface area (Å²) in [5.41, 5.74) is 3.57. The van der Waals surface area contributed by atoms with Crippen LogP contribution in [0.1, 0.15) is 0 Å². The minimum atomic E-state index is -0.334. The summed E-state index contributed by atoms with van der Waals surface area (Å²) >= 11 is 0. The summed E-state index contributed by atoms with van der Waals surface area (Å²) < 4.78 is 13.2. The first kappa shape index (κ1) is 13.5. The van der Waals surface area contributed by atoms with Crippen LogP contribution in [0.25, 0.3) is 27.8 Å². The van der Waals surface area contributed by atoms with E-state index in [0.29, 0.717) is 11.0 Å². The molecule has 112 valence electrons. The van der Waals surface area contributed by atoms with Crippen molar-refractivity contribution in [3.8, 4) is 22.6 Å². The smallest absolute Gasteiger partial charge is 0.125 e. The van der Waals surface area contributed by atoms with E-state index in [-0.39, 0.29) is 11.6 Å². The third kappa shape index (κ3) is 2.42. The van der Waals surface area contributed by atoms with E-state index < -0.39 is 0 Å². The molecule has 1 heterocycles. The van der Waals surface area contributed by atoms with Gasteiger partial charge in [0.1, 0.15) is 22.6 Å². The lowest BCUT2D eigenvalue weighted by molar-refractivity contribution is 0.477. The van der Waals surface area contributed by atoms with E-state index in [2.05, 4.69) is 10.2 Å². The first-order valence-corrected chi connectivity index (χ1v) is 7.12. The first-order valence-electron chi connectivity index (χ1n) is 7.12. The number of nitrogens with zero attached hydrogens (tertiary/aromatic N) is 3. The van der Waals surface area contributed by atoms with Crippen molar-refractivity contribution < 1.29 is 9.50 Å². The second-order valence-electron chi connectivity index (χ2n) is 5.19. The highest BCUT2D eigenvalue weighted by molar-refractivity contribution is 5.74. The van der Waals surface area contributed by atoms with Gasteiger partial charge in [0.2, 0.25) is 0 Å². The van der Waals surface area contributed by atoms with Crippen LogP contribution in [0.3, 0.4) is 0 Å². The van der Waals surface area contributed by atoms with Crippen LogP contribution in [0, 0.1) is 5.82 Å². The van der Waals surface area contributed by atoms with E-state index in [1.54, 1.807) is 18.2 Å². The topological polar surface area (TPSA) is 50.9 Å². The second-order valence-corrected chi connectivity index (χ2v) is 5.19. The summed E-state index contributed by atoms with van der Waals surface area (Å²) in [7, 11) is 0. The van der Waals surface area contributed by atoms with Crippen LogP contribution in [-0.2, 0) is 0 Å². The van der Waals surface area contributed by atoms with Crippen molar-refractivity contribution in [2.45, 2.75) is 0 Å². The molecule has 1 aromatic heterocycles. The molecule has 0 saturated carbocycles. The quantitative estimate of drug-likeness (QED) is 0.610. The van der Waals surface area contributed by atoms with Crippen molar-refractivity contribution in [3.63, 3.8) is 0 Å². The van der Waals surface area contributed by atoms with E-state index in [1.165, 1.54) is 16.9 Å². The molecule has 0 aliphatic heterocycles. The Morgan fingerprint density at radius 1 is 0.826 bits per heavy atom. The molecule has 0 aliphatic rings. The average molecular weight is 305 g/mol. The summed E-state index contributed by atoms with van der Waals surface area (Å²) in [5.74, 6) is -0.0990. The number of halogens is 1. The Morgan fingerprint density at radius 2 is 1.57 bits per heavy atom. The minimum Gasteiger partial charge on any atom is -0.507 e. The maximum atomic E-state index is 13.2. The largest absolute Gasteiger partial charge is 0.507 e. The van der Waals surface area contributed by atoms with Gasteiger partial charge in [0.15, 0.2) is 0 Å². The molecule has 0 bridgehead atoms. The Morgan fingerprint density at radius 3 is 2.35 bits per heavy atom. The number of benzene rings is 3. The van der Waals surface area contributed by atoms with Gasteiger partial charge in [-0.25, -0.2) is 4.39 Å². The zero-order chi connectivity index (χ0) is 15.8. The van der Waals surface area contributed by atoms with Crippen molar-refractivity contribution in [2.24, 2.45) is 0 Å². The summed E-state index contributed by atoms with van der Waals surface area (Å²) in [6.45, 7) is 0. The Hall–Kier alpha value is -3.21. The molecule has 0 atom stereocenters. The number of para-hydroxylation sites is 1. The molecule has 5 heteroatoms. The van der Waals surface area contributed by atoms with Gasteiger partial charge in [0.25, 0.3) is 0 Å². The lowest BCUT2D eigenvalue weighted by atomic mass is 10.0. The van der Waals surface area contributed by atoms with Crippen LogP contribution in [-0.4, -0.2) is 20.1 Å². The summed E-state index contributed by atoms with van der Waals surface area (Å²) in [4.78, 5) is 1.47. The molecule has 4 nitrogen and oxygen atoms in total. The summed E-state index contributed by atoms with van der Waals surface area (Å²) in [6.07, 6.45) is 0. The third-order valence-electron chi connectivity index (χ3n) is 3.66. The van der Waals surface area contributed by atoms with Gasteiger partial charge in [0.05, 0.1) is 5.69 Å². The van der Waals surface area contributed by atoms with E-state index in [4.69, 9.17) is 0 Å². The molecule has 3 aromatic carbocycles. The van der Waals surface area contributed by atoms with Gasteiger partial charge in [-0.1, -0.05) is 30.3 Å². The van der Waals surface area contributed by atoms with Gasteiger partial charge < -0.3 is 5.11 Å². The number of phenols is 1. The number of aromatic hydroxyl groups is 1. The van der Waals surface area contributed by atoms with Crippen LogP contribution in [0.5, 0.6) is 5.75 Å². The molecule has 0 fully saturated rings. The minimum absolute atomic E-state index is 0.235. The van der Waals surface area contributed by atoms with E-state index in [9.17, 15) is 9.50 Å². The maximum Gasteiger partial charge on any atom is 0.125 e. The fourth-order valence-electron chi connectivity index (χ4n) is 2.50. The highest BCUT2D eigenvalue weighted by Crippen LogP contribution is 2.29. The SMILES string of the molecule is Oc1ccccc1-c1ccc(-n2nc3ccc(F)cc3n2)cc1. The lowest BCUT2D eigenvalue weighted by Gasteiger charge is -2.05. The summed E-state index contributed by atoms with van der Waals surface area (Å²) in [5, 5.41) is 18.5. The number of hydrogen-bond acceptors (Lipinski definition) is 3. The molecule has 0 aliphatic carbocycles. The molecule has 0 unspecified atom stereocenters. The monoisotopic (exact) mass is 305 g/mol. The lowest BCUT2D eigenvalue weighted by Crippen LogP contribution is -1.97. The maximum absolute atomic E-state index is 13.2. The van der Waals surface area contributed by atoms with Crippen LogP contribution in [0.15, 0.2) is 66.7 Å². The average Bonchev–Trinajstić information content (AvgIpc) is 2.98. The number of aromatic nitrogens is 3. The second kappa shape index (κ2) is 5.21. The Labute approximate surface area is 131 Å². The van der Waals surface area contributed by atoms with Crippen LogP contribution >= 0.6 is 0 Å². The molecule has 0 amide bonds. The molecular formula is C18H12FN3O. The number of hydrogen-bond donors (Lipinski definition) is 1. The van der Waals surface area contributed by atoms with Gasteiger partial charge in [-0.2, -0.15) is 4.80 Å². The van der Waals surface area contributed by atoms with Crippen LogP contribution < -0.4 is 0 Å². The molecule has 4 aromatic rings. The molecule has 0 spiro atoms. The zero-order valence-electron chi connectivity index (χ0n) is 12.0. The first-order chi connectivity index (χ1) is 11.2. The van der Waals surface area contributed by atoms with Gasteiger partial charge in [-0.3, -0.25) is 0 Å². The van der Waals surface area contributed by atoms with Gasteiger partial charge in [-0.15, -0.1) is 10.2 Å². The van der Waals surface area contributed by atoms with Gasteiger partial charge >= 0.3 is 0 Å². The number of fused-ring (bicyclic) bond motifs is 1. The standard InChI is InChI=1S/C18H12FN3O/c19-13-7-10-16-17(11-13)21-22(20-16)14-8-5-12(6-9-14)15-3-1-2-4-18(15)23/h1-11,23H. The normalized spacial score (nSPS) is 11.0. The molecule has 0 saturated heterocycles. The van der Waals surface area contributed by atoms with E-state index >= 15 is 0 Å². The fraction of sp³-hybridized carbons (Fsp3) is 0. The Bertz CT molecular complexity index is 993. The Kier molecular flexibility index (Phi) is 3.05. The van der Waals surface area contributed by atoms with Gasteiger partial charge in [-0.05, 0) is 35.9 Å². The predicted octanol–water partition coefficient (Wildman–Crippen LogP) is 3.93. The van der Waals surface area contributed by atoms with E-state index in [1.807, 2.05) is 36.4 Å². The molecule has 4 rings (SSSR count). The molecule has 23 heavy (non-hydrogen) atoms. The molecular weight excluding hydrogens is 293 g/mol. The number of rotatable bonds is 2. The van der Waals surface area contributed by atoms with Crippen molar-refractivity contribution in [1.82, 2.24) is 15.0 Å². The van der Waals surface area contributed by atoms with Crippen LogP contribution in [0.2, 0.25) is 0 Å². The summed E-state index contributed by atoms with van der Waals surface area (Å²) in [6, 6.07) is 19.0. The predicted molar refractivity (Wildman–Crippen MR) is 85.9 cm³/mol. The number of phenolic OH excluding ortho intramolecular Hbond substituents is 1. The third-order valence-corrected chi connectivity index (χ3v) is 3.66. The molecule has 1 N–H and O–H groups in total. The highest BCUT2D eigenvalue weighted by Gasteiger charge is 2.07. The van der Waals surface area contributed by atoms with Crippen molar-refractivity contribution in [3.05, 3.63) is 72.5 Å². The zero-order valence-corrected chi connectivity index (χ0v) is 12.0. The fourth-order valence-corrected chi connectivity index (χ4v) is 2.50. The Balaban J connectivity index is 1.73. The highest BCUT2D eigenvalue weighted by atomic mass is 19.1. The van der Waals surface area contributed by atoms with Gasteiger partial charge in [0, 0.05) is 11.6 Å². The van der Waals surface area contributed by atoms with E-state index in [0.717, 1.165) is 16.8 Å². The van der Waals surface area contributed by atoms with Crippen molar-refractivity contribution >= 4 is 11.0 Å².